The van der Waals surface area contributed by atoms with Crippen LogP contribution in [0.3, 0.4) is 0 Å². The van der Waals surface area contributed by atoms with Gasteiger partial charge in [0.1, 0.15) is 4.90 Å². The van der Waals surface area contributed by atoms with Crippen molar-refractivity contribution >= 4 is 15.7 Å². The van der Waals surface area contributed by atoms with Gasteiger partial charge in [-0.15, -0.1) is 0 Å². The smallest absolute Gasteiger partial charge is 0.243 e. The lowest BCUT2D eigenvalue weighted by Gasteiger charge is -2.20. The van der Waals surface area contributed by atoms with Crippen LogP contribution in [-0.4, -0.2) is 27.7 Å². The van der Waals surface area contributed by atoms with Crippen LogP contribution in [-0.2, 0) is 14.8 Å². The number of sulfonamides is 1. The summed E-state index contributed by atoms with van der Waals surface area (Å²) in [4.78, 5) is 0.181. The number of benzene rings is 1. The Hall–Kier alpha value is -1.11. The third kappa shape index (κ3) is 3.08. The molecule has 1 aromatic rings. The van der Waals surface area contributed by atoms with Crippen molar-refractivity contribution < 1.29 is 13.2 Å². The molecule has 3 N–H and O–H groups in total. The zero-order valence-corrected chi connectivity index (χ0v) is 12.0. The van der Waals surface area contributed by atoms with Gasteiger partial charge in [0.15, 0.2) is 0 Å². The van der Waals surface area contributed by atoms with Gasteiger partial charge in [0.25, 0.3) is 0 Å². The second kappa shape index (κ2) is 5.48. The van der Waals surface area contributed by atoms with E-state index in [1.165, 1.54) is 0 Å². The monoisotopic (exact) mass is 284 g/mol. The van der Waals surface area contributed by atoms with Gasteiger partial charge in [0.2, 0.25) is 10.0 Å². The van der Waals surface area contributed by atoms with Crippen molar-refractivity contribution in [1.82, 2.24) is 4.72 Å². The van der Waals surface area contributed by atoms with Crippen LogP contribution >= 0.6 is 0 Å². The molecule has 1 fully saturated rings. The summed E-state index contributed by atoms with van der Waals surface area (Å²) in [6, 6.07) is 4.93. The third-order valence-corrected chi connectivity index (χ3v) is 5.30. The number of nitrogens with two attached hydrogens (primary N) is 1. The summed E-state index contributed by atoms with van der Waals surface area (Å²) in [7, 11) is -3.59. The molecule has 0 bridgehead atoms. The lowest BCUT2D eigenvalue weighted by Crippen LogP contribution is -2.38. The van der Waals surface area contributed by atoms with Crippen LogP contribution in [0.25, 0.3) is 0 Å². The summed E-state index contributed by atoms with van der Waals surface area (Å²) < 4.78 is 32.8. The predicted octanol–water partition coefficient (Wildman–Crippen LogP) is 1.28. The van der Waals surface area contributed by atoms with Gasteiger partial charge in [0.05, 0.1) is 12.3 Å². The zero-order valence-electron chi connectivity index (χ0n) is 11.2. The molecule has 0 aromatic heterocycles. The van der Waals surface area contributed by atoms with Gasteiger partial charge in [0, 0.05) is 18.6 Å². The fraction of sp³-hybridized carbons (Fsp3) is 0.538. The Kier molecular flexibility index (Phi) is 4.13. The summed E-state index contributed by atoms with van der Waals surface area (Å²) >= 11 is 0. The van der Waals surface area contributed by atoms with E-state index in [4.69, 9.17) is 10.5 Å². The van der Waals surface area contributed by atoms with Gasteiger partial charge in [-0.05, 0) is 31.9 Å². The lowest BCUT2D eigenvalue weighted by atomic mass is 10.0. The van der Waals surface area contributed by atoms with Crippen molar-refractivity contribution in [1.29, 1.82) is 0 Å². The Labute approximate surface area is 114 Å². The number of nitrogens with one attached hydrogen (secondary N) is 1. The molecule has 5 nitrogen and oxygen atoms in total. The summed E-state index contributed by atoms with van der Waals surface area (Å²) in [6.45, 7) is 4.91. The number of hydrogen-bond acceptors (Lipinski definition) is 4. The van der Waals surface area contributed by atoms with E-state index in [1.807, 2.05) is 6.92 Å². The molecule has 0 saturated carbocycles. The minimum absolute atomic E-state index is 0.161. The number of anilines is 1. The van der Waals surface area contributed by atoms with Crippen LogP contribution in [0.2, 0.25) is 0 Å². The second-order valence-electron chi connectivity index (χ2n) is 5.03. The molecule has 0 aliphatic carbocycles. The molecule has 0 radical (unpaired) electrons. The number of ether oxygens (including phenoxy) is 1. The molecule has 106 valence electrons. The van der Waals surface area contributed by atoms with E-state index in [0.29, 0.717) is 18.8 Å². The van der Waals surface area contributed by atoms with Gasteiger partial charge >= 0.3 is 0 Å². The van der Waals surface area contributed by atoms with E-state index in [-0.39, 0.29) is 22.5 Å². The van der Waals surface area contributed by atoms with Crippen LogP contribution in [0, 0.1) is 12.8 Å². The molecule has 1 aliphatic rings. The summed E-state index contributed by atoms with van der Waals surface area (Å²) in [5, 5.41) is 0. The molecule has 6 heteroatoms. The topological polar surface area (TPSA) is 81.4 Å². The highest BCUT2D eigenvalue weighted by Gasteiger charge is 2.28. The third-order valence-electron chi connectivity index (χ3n) is 3.52. The van der Waals surface area contributed by atoms with E-state index in [2.05, 4.69) is 4.72 Å². The highest BCUT2D eigenvalue weighted by molar-refractivity contribution is 7.89. The Morgan fingerprint density at radius 2 is 2.21 bits per heavy atom. The van der Waals surface area contributed by atoms with Crippen molar-refractivity contribution in [2.45, 2.75) is 31.2 Å². The SMILES string of the molecule is Cc1cccc(N)c1S(=O)(=O)NC(C)C1CCOC1. The number of aryl methyl sites for hydroxylation is 1. The molecule has 0 amide bonds. The second-order valence-corrected chi connectivity index (χ2v) is 6.68. The highest BCUT2D eigenvalue weighted by atomic mass is 32.2. The van der Waals surface area contributed by atoms with E-state index in [0.717, 1.165) is 6.42 Å². The number of nitrogen functional groups attached to an aromatic ring is 1. The lowest BCUT2D eigenvalue weighted by molar-refractivity contribution is 0.180. The first-order valence-corrected chi connectivity index (χ1v) is 7.85. The van der Waals surface area contributed by atoms with Crippen LogP contribution in [0.15, 0.2) is 23.1 Å². The van der Waals surface area contributed by atoms with Gasteiger partial charge in [-0.3, -0.25) is 0 Å². The quantitative estimate of drug-likeness (QED) is 0.816. The average Bonchev–Trinajstić information content (AvgIpc) is 2.80. The molecule has 0 spiro atoms. The fourth-order valence-corrected chi connectivity index (χ4v) is 4.06. The highest BCUT2D eigenvalue weighted by Crippen LogP contribution is 2.24. The van der Waals surface area contributed by atoms with Crippen molar-refractivity contribution in [3.8, 4) is 0 Å². The molecular weight excluding hydrogens is 264 g/mol. The molecule has 2 rings (SSSR count). The van der Waals surface area contributed by atoms with E-state index < -0.39 is 10.0 Å². The standard InChI is InChI=1S/C13H20N2O3S/c1-9-4-3-5-12(14)13(9)19(16,17)15-10(2)11-6-7-18-8-11/h3-5,10-11,15H,6-8,14H2,1-2H3. The van der Waals surface area contributed by atoms with E-state index >= 15 is 0 Å². The van der Waals surface area contributed by atoms with Crippen LogP contribution < -0.4 is 10.5 Å². The minimum Gasteiger partial charge on any atom is -0.398 e. The maximum Gasteiger partial charge on any atom is 0.243 e. The van der Waals surface area contributed by atoms with Gasteiger partial charge in [-0.1, -0.05) is 12.1 Å². The van der Waals surface area contributed by atoms with Gasteiger partial charge < -0.3 is 10.5 Å². The largest absolute Gasteiger partial charge is 0.398 e. The maximum atomic E-state index is 12.4. The van der Waals surface area contributed by atoms with Crippen molar-refractivity contribution in [2.75, 3.05) is 18.9 Å². The fourth-order valence-electron chi connectivity index (χ4n) is 2.39. The Balaban J connectivity index is 2.22. The molecule has 1 aliphatic heterocycles. The first-order chi connectivity index (χ1) is 8.92. The maximum absolute atomic E-state index is 12.4. The molecule has 1 saturated heterocycles. The predicted molar refractivity (Wildman–Crippen MR) is 74.3 cm³/mol. The summed E-state index contributed by atoms with van der Waals surface area (Å²) in [5.41, 5.74) is 6.73. The molecule has 19 heavy (non-hydrogen) atoms. The minimum atomic E-state index is -3.59. The van der Waals surface area contributed by atoms with Crippen LogP contribution in [0.4, 0.5) is 5.69 Å². The zero-order chi connectivity index (χ0) is 14.0. The van der Waals surface area contributed by atoms with E-state index in [9.17, 15) is 8.42 Å². The summed E-state index contributed by atoms with van der Waals surface area (Å²) in [6.07, 6.45) is 0.882. The van der Waals surface area contributed by atoms with Gasteiger partial charge in [-0.25, -0.2) is 13.1 Å². The van der Waals surface area contributed by atoms with Crippen molar-refractivity contribution in [3.05, 3.63) is 23.8 Å². The van der Waals surface area contributed by atoms with E-state index in [1.54, 1.807) is 25.1 Å². The summed E-state index contributed by atoms with van der Waals surface area (Å²) in [5.74, 6) is 0.222. The molecule has 1 heterocycles. The molecular formula is C13H20N2O3S. The first kappa shape index (κ1) is 14.3. The normalized spacial score (nSPS) is 21.5. The number of rotatable bonds is 4. The van der Waals surface area contributed by atoms with Crippen LogP contribution in [0.1, 0.15) is 18.9 Å². The van der Waals surface area contributed by atoms with Crippen molar-refractivity contribution in [2.24, 2.45) is 5.92 Å². The van der Waals surface area contributed by atoms with Crippen LogP contribution in [0.5, 0.6) is 0 Å². The van der Waals surface area contributed by atoms with Crippen molar-refractivity contribution in [3.63, 3.8) is 0 Å². The molecule has 2 unspecified atom stereocenters. The average molecular weight is 284 g/mol. The molecule has 1 aromatic carbocycles. The Bertz CT molecular complexity index is 531. The first-order valence-electron chi connectivity index (χ1n) is 6.37. The van der Waals surface area contributed by atoms with Gasteiger partial charge in [-0.2, -0.15) is 0 Å². The Morgan fingerprint density at radius 1 is 1.47 bits per heavy atom. The Morgan fingerprint density at radius 3 is 2.79 bits per heavy atom. The molecule has 2 atom stereocenters. The number of hydrogen-bond donors (Lipinski definition) is 2.